The molecule has 0 unspecified atom stereocenters. The Bertz CT molecular complexity index is 707. The molecule has 1 N–H and O–H groups in total. The Hall–Kier alpha value is -2.69. The maximum Gasteiger partial charge on any atom is 0.317 e. The molecule has 0 atom stereocenters. The van der Waals surface area contributed by atoms with Gasteiger partial charge in [-0.05, 0) is 25.1 Å². The van der Waals surface area contributed by atoms with Crippen molar-refractivity contribution in [3.63, 3.8) is 0 Å². The first-order valence-electron chi connectivity index (χ1n) is 8.63. The number of carbonyl (C=O) groups is 1. The zero-order chi connectivity index (χ0) is 17.6. The van der Waals surface area contributed by atoms with E-state index in [0.29, 0.717) is 6.54 Å². The van der Waals surface area contributed by atoms with E-state index in [1.54, 1.807) is 7.11 Å². The second-order valence-corrected chi connectivity index (χ2v) is 6.28. The van der Waals surface area contributed by atoms with Crippen LogP contribution in [-0.2, 0) is 6.54 Å². The number of ether oxygens (including phenoxy) is 1. The third-order valence-electron chi connectivity index (χ3n) is 4.59. The largest absolute Gasteiger partial charge is 0.496 e. The van der Waals surface area contributed by atoms with Crippen molar-refractivity contribution in [2.45, 2.75) is 13.5 Å². The normalized spacial score (nSPS) is 14.3. The molecule has 2 aromatic rings. The molecule has 3 rings (SSSR count). The average Bonchev–Trinajstić information content (AvgIpc) is 2.67. The number of piperazine rings is 1. The summed E-state index contributed by atoms with van der Waals surface area (Å²) in [5, 5.41) is 2.99. The van der Waals surface area contributed by atoms with Crippen molar-refractivity contribution in [3.8, 4) is 5.75 Å². The Kier molecular flexibility index (Phi) is 5.43. The second kappa shape index (κ2) is 7.92. The third-order valence-corrected chi connectivity index (χ3v) is 4.59. The molecule has 5 heteroatoms. The fourth-order valence-electron chi connectivity index (χ4n) is 3.05. The Morgan fingerprint density at radius 1 is 1.04 bits per heavy atom. The highest BCUT2D eigenvalue weighted by atomic mass is 16.5. The van der Waals surface area contributed by atoms with Gasteiger partial charge in [-0.25, -0.2) is 4.79 Å². The van der Waals surface area contributed by atoms with Gasteiger partial charge in [-0.1, -0.05) is 35.9 Å². The fourth-order valence-corrected chi connectivity index (χ4v) is 3.05. The summed E-state index contributed by atoms with van der Waals surface area (Å²) in [4.78, 5) is 16.6. The van der Waals surface area contributed by atoms with E-state index in [9.17, 15) is 4.79 Å². The highest BCUT2D eigenvalue weighted by molar-refractivity contribution is 5.74. The molecule has 2 aromatic carbocycles. The summed E-state index contributed by atoms with van der Waals surface area (Å²) in [7, 11) is 1.64. The van der Waals surface area contributed by atoms with Gasteiger partial charge >= 0.3 is 6.03 Å². The van der Waals surface area contributed by atoms with Gasteiger partial charge in [0.05, 0.1) is 7.11 Å². The number of methoxy groups -OCH3 is 1. The van der Waals surface area contributed by atoms with Crippen LogP contribution in [0.15, 0.2) is 48.5 Å². The molecule has 2 amide bonds. The van der Waals surface area contributed by atoms with Gasteiger partial charge in [0.2, 0.25) is 0 Å². The summed E-state index contributed by atoms with van der Waals surface area (Å²) in [6.07, 6.45) is 0. The molecule has 25 heavy (non-hydrogen) atoms. The molecule has 0 aromatic heterocycles. The van der Waals surface area contributed by atoms with Crippen LogP contribution in [0.2, 0.25) is 0 Å². The summed E-state index contributed by atoms with van der Waals surface area (Å²) < 4.78 is 5.32. The molecule has 0 saturated carbocycles. The van der Waals surface area contributed by atoms with Crippen LogP contribution in [0.25, 0.3) is 0 Å². The number of urea groups is 1. The Morgan fingerprint density at radius 3 is 2.40 bits per heavy atom. The molecule has 1 saturated heterocycles. The summed E-state index contributed by atoms with van der Waals surface area (Å²) in [6.45, 7) is 5.72. The number of aryl methyl sites for hydroxylation is 1. The molecule has 0 aliphatic carbocycles. The van der Waals surface area contributed by atoms with E-state index < -0.39 is 0 Å². The third kappa shape index (κ3) is 4.24. The first-order chi connectivity index (χ1) is 12.2. The van der Waals surface area contributed by atoms with E-state index in [2.05, 4.69) is 41.4 Å². The second-order valence-electron chi connectivity index (χ2n) is 6.28. The first-order valence-corrected chi connectivity index (χ1v) is 8.63. The smallest absolute Gasteiger partial charge is 0.317 e. The van der Waals surface area contributed by atoms with Crippen LogP contribution in [0.4, 0.5) is 10.5 Å². The number of carbonyl (C=O) groups excluding carboxylic acids is 1. The minimum Gasteiger partial charge on any atom is -0.496 e. The molecular formula is C20H25N3O2. The molecule has 1 aliphatic heterocycles. The van der Waals surface area contributed by atoms with Gasteiger partial charge in [-0.15, -0.1) is 0 Å². The van der Waals surface area contributed by atoms with Crippen LogP contribution < -0.4 is 15.0 Å². The maximum atomic E-state index is 12.4. The lowest BCUT2D eigenvalue weighted by Crippen LogP contribution is -2.51. The summed E-state index contributed by atoms with van der Waals surface area (Å²) in [5.74, 6) is 0.798. The molecule has 0 spiro atoms. The number of anilines is 1. The number of nitrogens with one attached hydrogen (secondary N) is 1. The fraction of sp³-hybridized carbons (Fsp3) is 0.350. The predicted octanol–water partition coefficient (Wildman–Crippen LogP) is 3.04. The number of nitrogens with zero attached hydrogens (tertiary/aromatic N) is 2. The van der Waals surface area contributed by atoms with Crippen molar-refractivity contribution in [3.05, 3.63) is 59.7 Å². The number of para-hydroxylation sites is 1. The van der Waals surface area contributed by atoms with Gasteiger partial charge in [0, 0.05) is 44.0 Å². The van der Waals surface area contributed by atoms with Crippen LogP contribution in [0.1, 0.15) is 11.1 Å². The van der Waals surface area contributed by atoms with Gasteiger partial charge in [0.25, 0.3) is 0 Å². The van der Waals surface area contributed by atoms with Crippen molar-refractivity contribution in [2.24, 2.45) is 0 Å². The van der Waals surface area contributed by atoms with E-state index >= 15 is 0 Å². The highest BCUT2D eigenvalue weighted by Crippen LogP contribution is 2.18. The number of hydrogen-bond acceptors (Lipinski definition) is 3. The van der Waals surface area contributed by atoms with E-state index in [1.807, 2.05) is 29.2 Å². The SMILES string of the molecule is COc1ccccc1CNC(=O)N1CCN(c2ccc(C)cc2)CC1. The molecular weight excluding hydrogens is 314 g/mol. The Labute approximate surface area is 149 Å². The molecule has 1 aliphatic rings. The van der Waals surface area contributed by atoms with Gasteiger partial charge in [0.15, 0.2) is 0 Å². The molecule has 132 valence electrons. The summed E-state index contributed by atoms with van der Waals surface area (Å²) in [6, 6.07) is 16.3. The van der Waals surface area contributed by atoms with Crippen molar-refractivity contribution in [2.75, 3.05) is 38.2 Å². The van der Waals surface area contributed by atoms with Crippen LogP contribution in [0.5, 0.6) is 5.75 Å². The van der Waals surface area contributed by atoms with Gasteiger partial charge in [-0.2, -0.15) is 0 Å². The standard InChI is InChI=1S/C20H25N3O2/c1-16-7-9-18(10-8-16)22-11-13-23(14-12-22)20(24)21-15-17-5-3-4-6-19(17)25-2/h3-10H,11-15H2,1-2H3,(H,21,24). The predicted molar refractivity (Wildman–Crippen MR) is 100 cm³/mol. The average molecular weight is 339 g/mol. The lowest BCUT2D eigenvalue weighted by atomic mass is 10.2. The van der Waals surface area contributed by atoms with Gasteiger partial charge in [-0.3, -0.25) is 0 Å². The molecule has 1 fully saturated rings. The Balaban J connectivity index is 1.50. The number of rotatable bonds is 4. The summed E-state index contributed by atoms with van der Waals surface area (Å²) in [5.41, 5.74) is 3.47. The molecule has 5 nitrogen and oxygen atoms in total. The van der Waals surface area contributed by atoms with Crippen LogP contribution in [-0.4, -0.2) is 44.2 Å². The van der Waals surface area contributed by atoms with Crippen molar-refractivity contribution >= 4 is 11.7 Å². The van der Waals surface area contributed by atoms with Crippen molar-refractivity contribution in [1.82, 2.24) is 10.2 Å². The lowest BCUT2D eigenvalue weighted by molar-refractivity contribution is 0.194. The van der Waals surface area contributed by atoms with E-state index in [-0.39, 0.29) is 6.03 Å². The first kappa shape index (κ1) is 17.1. The Morgan fingerprint density at radius 2 is 1.72 bits per heavy atom. The monoisotopic (exact) mass is 339 g/mol. The number of amides is 2. The topological polar surface area (TPSA) is 44.8 Å². The van der Waals surface area contributed by atoms with E-state index in [1.165, 1.54) is 11.3 Å². The minimum atomic E-state index is -0.0190. The molecule has 0 bridgehead atoms. The van der Waals surface area contributed by atoms with Crippen LogP contribution >= 0.6 is 0 Å². The number of benzene rings is 2. The zero-order valence-corrected chi connectivity index (χ0v) is 14.9. The van der Waals surface area contributed by atoms with Crippen molar-refractivity contribution in [1.29, 1.82) is 0 Å². The molecule has 0 radical (unpaired) electrons. The zero-order valence-electron chi connectivity index (χ0n) is 14.9. The van der Waals surface area contributed by atoms with Crippen LogP contribution in [0, 0.1) is 6.92 Å². The quantitative estimate of drug-likeness (QED) is 0.931. The highest BCUT2D eigenvalue weighted by Gasteiger charge is 2.21. The maximum absolute atomic E-state index is 12.4. The summed E-state index contributed by atoms with van der Waals surface area (Å²) >= 11 is 0. The lowest BCUT2D eigenvalue weighted by Gasteiger charge is -2.36. The number of hydrogen-bond donors (Lipinski definition) is 1. The van der Waals surface area contributed by atoms with Crippen LogP contribution in [0.3, 0.4) is 0 Å². The van der Waals surface area contributed by atoms with Gasteiger partial charge < -0.3 is 19.9 Å². The molecule has 1 heterocycles. The van der Waals surface area contributed by atoms with E-state index in [4.69, 9.17) is 4.74 Å². The van der Waals surface area contributed by atoms with Gasteiger partial charge in [0.1, 0.15) is 5.75 Å². The van der Waals surface area contributed by atoms with Crippen molar-refractivity contribution < 1.29 is 9.53 Å². The van der Waals surface area contributed by atoms with E-state index in [0.717, 1.165) is 37.5 Å². The minimum absolute atomic E-state index is 0.0190.